The number of nitrogens with one attached hydrogen (secondary N) is 1. The first-order chi connectivity index (χ1) is 8.63. The van der Waals surface area contributed by atoms with Crippen LogP contribution in [0.5, 0.6) is 0 Å². The van der Waals surface area contributed by atoms with Gasteiger partial charge in [-0.3, -0.25) is 4.79 Å². The van der Waals surface area contributed by atoms with E-state index in [-0.39, 0.29) is 12.5 Å². The topological polar surface area (TPSA) is 62.5 Å². The molecule has 1 radical (unpaired) electrons. The lowest BCUT2D eigenvalue weighted by atomic mass is 10.3. The highest BCUT2D eigenvalue weighted by molar-refractivity contribution is 5.78. The third kappa shape index (κ3) is 3.38. The van der Waals surface area contributed by atoms with Gasteiger partial charge in [0.2, 0.25) is 5.91 Å². The standard InChI is InChI=1S/C12H15N4O2/c1-14-6-7-15(10-14)9-12(17)13-8-11-2-4-16(18)5-3-11/h2-7,10H,8-9H2,1H3,(H,13,17). The summed E-state index contributed by atoms with van der Waals surface area (Å²) in [7, 11) is 1.90. The molecule has 1 N–H and O–H groups in total. The second-order valence-electron chi connectivity index (χ2n) is 4.09. The van der Waals surface area contributed by atoms with E-state index in [2.05, 4.69) is 5.32 Å². The highest BCUT2D eigenvalue weighted by Crippen LogP contribution is 2.07. The minimum absolute atomic E-state index is 0.0648. The van der Waals surface area contributed by atoms with E-state index in [1.54, 1.807) is 17.0 Å². The molecule has 1 aliphatic heterocycles. The van der Waals surface area contributed by atoms with E-state index in [9.17, 15) is 10.0 Å². The van der Waals surface area contributed by atoms with E-state index in [1.807, 2.05) is 31.0 Å². The Morgan fingerprint density at radius 3 is 2.72 bits per heavy atom. The van der Waals surface area contributed by atoms with Crippen LogP contribution in [0.15, 0.2) is 36.9 Å². The first-order valence-corrected chi connectivity index (χ1v) is 5.59. The van der Waals surface area contributed by atoms with Gasteiger partial charge in [-0.2, -0.15) is 4.73 Å². The van der Waals surface area contributed by atoms with Crippen molar-refractivity contribution in [3.05, 3.63) is 54.4 Å². The summed E-state index contributed by atoms with van der Waals surface area (Å²) < 4.78 is 0.713. The predicted molar refractivity (Wildman–Crippen MR) is 65.2 cm³/mol. The van der Waals surface area contributed by atoms with E-state index < -0.39 is 0 Å². The molecule has 0 spiro atoms. The molecule has 0 aromatic carbocycles. The van der Waals surface area contributed by atoms with Crippen molar-refractivity contribution in [2.24, 2.45) is 0 Å². The normalized spacial score (nSPS) is 14.1. The number of hydrogen-bond acceptors (Lipinski definition) is 4. The van der Waals surface area contributed by atoms with Crippen LogP contribution in [0.1, 0.15) is 5.56 Å². The highest BCUT2D eigenvalue weighted by Gasteiger charge is 2.12. The smallest absolute Gasteiger partial charge is 0.239 e. The van der Waals surface area contributed by atoms with Gasteiger partial charge in [-0.15, -0.1) is 0 Å². The second-order valence-corrected chi connectivity index (χ2v) is 4.09. The van der Waals surface area contributed by atoms with Gasteiger partial charge in [0, 0.05) is 38.1 Å². The Bertz CT molecular complexity index is 444. The lowest BCUT2D eigenvalue weighted by Crippen LogP contribution is -2.33. The summed E-state index contributed by atoms with van der Waals surface area (Å²) in [4.78, 5) is 15.3. The average molecular weight is 247 g/mol. The first-order valence-electron chi connectivity index (χ1n) is 5.59. The number of carbonyl (C=O) groups excluding carboxylic acids is 1. The van der Waals surface area contributed by atoms with Crippen LogP contribution < -0.4 is 10.0 Å². The molecule has 18 heavy (non-hydrogen) atoms. The number of hydrogen-bond donors (Lipinski definition) is 1. The third-order valence-electron chi connectivity index (χ3n) is 2.51. The second kappa shape index (κ2) is 5.39. The SMILES string of the molecule is CN1[CH]N(CC(=O)NCc2cc[n+]([O-])cc2)C=C1. The van der Waals surface area contributed by atoms with Crippen LogP contribution in [0.2, 0.25) is 0 Å². The molecule has 1 aromatic rings. The quantitative estimate of drug-likeness (QED) is 0.590. The molecular weight excluding hydrogens is 232 g/mol. The van der Waals surface area contributed by atoms with E-state index in [0.29, 0.717) is 11.3 Å². The van der Waals surface area contributed by atoms with Crippen LogP contribution in [0, 0.1) is 11.9 Å². The zero-order chi connectivity index (χ0) is 13.0. The Labute approximate surface area is 106 Å². The van der Waals surface area contributed by atoms with Gasteiger partial charge in [-0.05, 0) is 5.56 Å². The van der Waals surface area contributed by atoms with Crippen molar-refractivity contribution in [3.63, 3.8) is 0 Å². The molecule has 0 saturated heterocycles. The fraction of sp³-hybridized carbons (Fsp3) is 0.250. The minimum atomic E-state index is -0.0648. The molecule has 0 saturated carbocycles. The summed E-state index contributed by atoms with van der Waals surface area (Å²) in [6.07, 6.45) is 6.53. The van der Waals surface area contributed by atoms with Crippen molar-refractivity contribution >= 4 is 5.91 Å². The Balaban J connectivity index is 1.75. The third-order valence-corrected chi connectivity index (χ3v) is 2.51. The van der Waals surface area contributed by atoms with E-state index >= 15 is 0 Å². The summed E-state index contributed by atoms with van der Waals surface area (Å²) in [5, 5.41) is 13.6. The Hall–Kier alpha value is -2.24. The molecule has 6 heteroatoms. The Morgan fingerprint density at radius 1 is 1.39 bits per heavy atom. The van der Waals surface area contributed by atoms with Crippen LogP contribution in [-0.2, 0) is 11.3 Å². The fourth-order valence-electron chi connectivity index (χ4n) is 1.58. The monoisotopic (exact) mass is 247 g/mol. The van der Waals surface area contributed by atoms with Crippen molar-refractivity contribution < 1.29 is 9.52 Å². The van der Waals surface area contributed by atoms with E-state index in [4.69, 9.17) is 0 Å². The lowest BCUT2D eigenvalue weighted by Gasteiger charge is -2.16. The first kappa shape index (κ1) is 12.2. The summed E-state index contributed by atoms with van der Waals surface area (Å²) in [5.74, 6) is -0.0648. The lowest BCUT2D eigenvalue weighted by molar-refractivity contribution is -0.605. The number of carbonyl (C=O) groups is 1. The number of rotatable bonds is 4. The maximum atomic E-state index is 11.7. The van der Waals surface area contributed by atoms with Crippen LogP contribution in [0.25, 0.3) is 0 Å². The summed E-state index contributed by atoms with van der Waals surface area (Å²) >= 11 is 0. The average Bonchev–Trinajstić information content (AvgIpc) is 2.74. The minimum Gasteiger partial charge on any atom is -0.619 e. The molecule has 0 fully saturated rings. The molecule has 0 unspecified atom stereocenters. The maximum Gasteiger partial charge on any atom is 0.239 e. The van der Waals surface area contributed by atoms with Crippen molar-refractivity contribution in [2.45, 2.75) is 6.54 Å². The molecule has 1 amide bonds. The zero-order valence-electron chi connectivity index (χ0n) is 10.1. The van der Waals surface area contributed by atoms with Gasteiger partial charge < -0.3 is 20.3 Å². The largest absolute Gasteiger partial charge is 0.619 e. The number of aromatic nitrogens is 1. The molecule has 6 nitrogen and oxygen atoms in total. The van der Waals surface area contributed by atoms with Crippen LogP contribution in [0.3, 0.4) is 0 Å². The molecule has 95 valence electrons. The number of amides is 1. The fourth-order valence-corrected chi connectivity index (χ4v) is 1.58. The van der Waals surface area contributed by atoms with Gasteiger partial charge in [-0.1, -0.05) is 0 Å². The zero-order valence-corrected chi connectivity index (χ0v) is 10.1. The van der Waals surface area contributed by atoms with Crippen LogP contribution in [-0.4, -0.2) is 29.3 Å². The maximum absolute atomic E-state index is 11.7. The van der Waals surface area contributed by atoms with Gasteiger partial charge in [0.05, 0.1) is 6.54 Å². The predicted octanol–water partition coefficient (Wildman–Crippen LogP) is -0.226. The van der Waals surface area contributed by atoms with Crippen LogP contribution >= 0.6 is 0 Å². The van der Waals surface area contributed by atoms with Gasteiger partial charge in [0.1, 0.15) is 6.67 Å². The van der Waals surface area contributed by atoms with Gasteiger partial charge in [0.15, 0.2) is 12.4 Å². The van der Waals surface area contributed by atoms with Crippen molar-refractivity contribution in [3.8, 4) is 0 Å². The molecule has 1 aliphatic rings. The van der Waals surface area contributed by atoms with E-state index in [0.717, 1.165) is 5.56 Å². The van der Waals surface area contributed by atoms with Crippen molar-refractivity contribution in [2.75, 3.05) is 13.6 Å². The summed E-state index contributed by atoms with van der Waals surface area (Å²) in [5.41, 5.74) is 0.897. The van der Waals surface area contributed by atoms with Crippen molar-refractivity contribution in [1.82, 2.24) is 15.1 Å². The molecule has 1 aromatic heterocycles. The highest BCUT2D eigenvalue weighted by atomic mass is 16.5. The van der Waals surface area contributed by atoms with Crippen molar-refractivity contribution in [1.29, 1.82) is 0 Å². The summed E-state index contributed by atoms with van der Waals surface area (Å²) in [6.45, 7) is 2.55. The molecular formula is C12H15N4O2. The van der Waals surface area contributed by atoms with Gasteiger partial charge >= 0.3 is 0 Å². The van der Waals surface area contributed by atoms with Gasteiger partial charge in [-0.25, -0.2) is 0 Å². The Morgan fingerprint density at radius 2 is 2.11 bits per heavy atom. The number of nitrogens with zero attached hydrogens (tertiary/aromatic N) is 3. The van der Waals surface area contributed by atoms with Crippen LogP contribution in [0.4, 0.5) is 0 Å². The molecule has 2 rings (SSSR count). The van der Waals surface area contributed by atoms with Gasteiger partial charge in [0.25, 0.3) is 0 Å². The molecule has 0 aliphatic carbocycles. The number of pyridine rings is 1. The molecule has 0 bridgehead atoms. The Kier molecular flexibility index (Phi) is 3.66. The van der Waals surface area contributed by atoms with E-state index in [1.165, 1.54) is 12.4 Å². The molecule has 2 heterocycles. The summed E-state index contributed by atoms with van der Waals surface area (Å²) in [6, 6.07) is 3.37. The molecule has 0 atom stereocenters.